The van der Waals surface area contributed by atoms with E-state index in [1.807, 2.05) is 6.07 Å². The third-order valence-electron chi connectivity index (χ3n) is 4.27. The number of rotatable bonds is 7. The van der Waals surface area contributed by atoms with Crippen LogP contribution in [0.15, 0.2) is 97.6 Å². The Labute approximate surface area is 156 Å². The van der Waals surface area contributed by atoms with Gasteiger partial charge in [0.15, 0.2) is 0 Å². The summed E-state index contributed by atoms with van der Waals surface area (Å²) in [4.78, 5) is 0. The highest BCUT2D eigenvalue weighted by atomic mass is 14.9. The van der Waals surface area contributed by atoms with Crippen molar-refractivity contribution >= 4 is 16.9 Å². The van der Waals surface area contributed by atoms with E-state index in [2.05, 4.69) is 104 Å². The molecule has 0 aromatic heterocycles. The van der Waals surface area contributed by atoms with Gasteiger partial charge in [-0.15, -0.1) is 0 Å². The van der Waals surface area contributed by atoms with E-state index in [0.717, 1.165) is 35.4 Å². The van der Waals surface area contributed by atoms with Gasteiger partial charge in [-0.05, 0) is 52.9 Å². The zero-order chi connectivity index (χ0) is 18.2. The van der Waals surface area contributed by atoms with Crippen LogP contribution in [0.4, 0.5) is 11.4 Å². The molecule has 1 heteroatoms. The van der Waals surface area contributed by atoms with E-state index < -0.39 is 0 Å². The number of benzene rings is 3. The monoisotopic (exact) mass is 339 g/mol. The zero-order valence-electron chi connectivity index (χ0n) is 15.3. The van der Waals surface area contributed by atoms with Crippen molar-refractivity contribution in [1.29, 1.82) is 0 Å². The number of allylic oxidation sites excluding steroid dienone is 3. The Morgan fingerprint density at radius 3 is 2.31 bits per heavy atom. The highest BCUT2D eigenvalue weighted by Gasteiger charge is 2.01. The number of anilines is 2. The van der Waals surface area contributed by atoms with Gasteiger partial charge in [-0.1, -0.05) is 86.7 Å². The minimum Gasteiger partial charge on any atom is -0.355 e. The second kappa shape index (κ2) is 8.87. The molecule has 0 aliphatic carbocycles. The highest BCUT2D eigenvalue weighted by Crippen LogP contribution is 2.26. The molecule has 1 nitrogen and oxygen atoms in total. The largest absolute Gasteiger partial charge is 0.355 e. The van der Waals surface area contributed by atoms with Crippen LogP contribution in [0.2, 0.25) is 0 Å². The Morgan fingerprint density at radius 1 is 0.846 bits per heavy atom. The summed E-state index contributed by atoms with van der Waals surface area (Å²) in [6.45, 7) is 6.37. The molecule has 0 aliphatic heterocycles. The molecule has 0 radical (unpaired) electrons. The van der Waals surface area contributed by atoms with Gasteiger partial charge in [-0.25, -0.2) is 0 Å². The molecule has 0 saturated carbocycles. The summed E-state index contributed by atoms with van der Waals surface area (Å²) < 4.78 is 0. The molecule has 0 amide bonds. The van der Waals surface area contributed by atoms with E-state index in [1.165, 1.54) is 11.1 Å². The Kier molecular flexibility index (Phi) is 6.05. The third-order valence-corrected chi connectivity index (χ3v) is 4.27. The third kappa shape index (κ3) is 4.73. The van der Waals surface area contributed by atoms with Crippen molar-refractivity contribution in [3.8, 4) is 11.1 Å². The molecule has 3 rings (SSSR count). The van der Waals surface area contributed by atoms with Crippen LogP contribution in [-0.4, -0.2) is 0 Å². The molecule has 0 atom stereocenters. The molecule has 26 heavy (non-hydrogen) atoms. The summed E-state index contributed by atoms with van der Waals surface area (Å²) in [5.74, 6) is 0. The van der Waals surface area contributed by atoms with Crippen LogP contribution in [0, 0.1) is 0 Å². The van der Waals surface area contributed by atoms with Crippen LogP contribution in [0.5, 0.6) is 0 Å². The van der Waals surface area contributed by atoms with Crippen LogP contribution in [-0.2, 0) is 0 Å². The fraction of sp³-hybridized carbons (Fsp3) is 0.120. The summed E-state index contributed by atoms with van der Waals surface area (Å²) in [5, 5.41) is 3.51. The van der Waals surface area contributed by atoms with Crippen LogP contribution in [0.3, 0.4) is 0 Å². The zero-order valence-corrected chi connectivity index (χ0v) is 15.3. The molecule has 1 N–H and O–H groups in total. The lowest BCUT2D eigenvalue weighted by atomic mass is 10.0. The smallest absolute Gasteiger partial charge is 0.0390 e. The first-order chi connectivity index (χ1) is 12.8. The molecule has 3 aromatic rings. The molecule has 0 aliphatic rings. The number of unbranched alkanes of at least 4 members (excludes halogenated alkanes) is 1. The van der Waals surface area contributed by atoms with Gasteiger partial charge in [0.05, 0.1) is 0 Å². The van der Waals surface area contributed by atoms with E-state index in [-0.39, 0.29) is 0 Å². The normalized spacial score (nSPS) is 10.8. The Bertz CT molecular complexity index is 891. The molecule has 0 heterocycles. The van der Waals surface area contributed by atoms with Crippen LogP contribution < -0.4 is 5.32 Å². The Hall–Kier alpha value is -3.06. The van der Waals surface area contributed by atoms with Gasteiger partial charge in [0.1, 0.15) is 0 Å². The second-order valence-corrected chi connectivity index (χ2v) is 6.37. The molecule has 3 aromatic carbocycles. The fourth-order valence-electron chi connectivity index (χ4n) is 2.86. The molecule has 0 spiro atoms. The first kappa shape index (κ1) is 17.8. The number of nitrogens with one attached hydrogen (secondary N) is 1. The quantitative estimate of drug-likeness (QED) is 0.440. The van der Waals surface area contributed by atoms with E-state index in [1.54, 1.807) is 0 Å². The summed E-state index contributed by atoms with van der Waals surface area (Å²) in [6, 6.07) is 27.3. The van der Waals surface area contributed by atoms with Crippen molar-refractivity contribution in [3.05, 3.63) is 103 Å². The Balaban J connectivity index is 1.77. The average molecular weight is 339 g/mol. The van der Waals surface area contributed by atoms with Gasteiger partial charge in [0.25, 0.3) is 0 Å². The van der Waals surface area contributed by atoms with E-state index in [4.69, 9.17) is 0 Å². The van der Waals surface area contributed by atoms with E-state index in [0.29, 0.717) is 0 Å². The van der Waals surface area contributed by atoms with Gasteiger partial charge in [-0.3, -0.25) is 0 Å². The van der Waals surface area contributed by atoms with Gasteiger partial charge in [0, 0.05) is 11.4 Å². The molecule has 0 unspecified atom stereocenters. The number of hydrogen-bond donors (Lipinski definition) is 1. The van der Waals surface area contributed by atoms with Crippen molar-refractivity contribution in [2.45, 2.75) is 19.8 Å². The van der Waals surface area contributed by atoms with Crippen molar-refractivity contribution in [1.82, 2.24) is 0 Å². The van der Waals surface area contributed by atoms with Gasteiger partial charge in [-0.2, -0.15) is 0 Å². The predicted molar refractivity (Wildman–Crippen MR) is 115 cm³/mol. The highest BCUT2D eigenvalue weighted by molar-refractivity contribution is 5.76. The van der Waals surface area contributed by atoms with Crippen molar-refractivity contribution in [3.63, 3.8) is 0 Å². The van der Waals surface area contributed by atoms with Gasteiger partial charge >= 0.3 is 0 Å². The molecule has 130 valence electrons. The van der Waals surface area contributed by atoms with Gasteiger partial charge < -0.3 is 5.32 Å². The Morgan fingerprint density at radius 2 is 1.54 bits per heavy atom. The van der Waals surface area contributed by atoms with Crippen molar-refractivity contribution < 1.29 is 0 Å². The van der Waals surface area contributed by atoms with Crippen molar-refractivity contribution in [2.24, 2.45) is 0 Å². The minimum atomic E-state index is 1.04. The summed E-state index contributed by atoms with van der Waals surface area (Å²) in [5.41, 5.74) is 6.76. The molecule has 0 saturated heterocycles. The lowest BCUT2D eigenvalue weighted by Crippen LogP contribution is -1.92. The maximum atomic E-state index is 4.18. The summed E-state index contributed by atoms with van der Waals surface area (Å²) >= 11 is 0. The lowest BCUT2D eigenvalue weighted by Gasteiger charge is -2.10. The van der Waals surface area contributed by atoms with E-state index in [9.17, 15) is 0 Å². The maximum Gasteiger partial charge on any atom is 0.0390 e. The first-order valence-corrected chi connectivity index (χ1v) is 9.14. The summed E-state index contributed by atoms with van der Waals surface area (Å²) in [6.07, 6.45) is 6.54. The van der Waals surface area contributed by atoms with Crippen LogP contribution >= 0.6 is 0 Å². The van der Waals surface area contributed by atoms with Gasteiger partial charge in [0.2, 0.25) is 0 Å². The van der Waals surface area contributed by atoms with Crippen molar-refractivity contribution in [2.75, 3.05) is 5.32 Å². The van der Waals surface area contributed by atoms with Crippen LogP contribution in [0.1, 0.15) is 25.3 Å². The molecular formula is C25H25N. The SMILES string of the molecule is C=C(/C=C\CCC)c1cccc(Nc2cccc(-c3ccccc3)c2)c1. The maximum absolute atomic E-state index is 4.18. The van der Waals surface area contributed by atoms with Crippen LogP contribution in [0.25, 0.3) is 16.7 Å². The van der Waals surface area contributed by atoms with E-state index >= 15 is 0 Å². The fourth-order valence-corrected chi connectivity index (χ4v) is 2.86. The number of hydrogen-bond acceptors (Lipinski definition) is 1. The predicted octanol–water partition coefficient (Wildman–Crippen LogP) is 7.47. The first-order valence-electron chi connectivity index (χ1n) is 9.14. The summed E-state index contributed by atoms with van der Waals surface area (Å²) in [7, 11) is 0. The minimum absolute atomic E-state index is 1.04. The molecular weight excluding hydrogens is 314 g/mol. The second-order valence-electron chi connectivity index (χ2n) is 6.37. The molecule has 0 fully saturated rings. The lowest BCUT2D eigenvalue weighted by molar-refractivity contribution is 0.959. The standard InChI is InChI=1S/C25H25N/c1-3-4-6-11-20(2)22-14-9-16-24(18-22)26-25-17-10-15-23(19-25)21-12-7-5-8-13-21/h5-19,26H,2-4H2,1H3/b11-6-. The topological polar surface area (TPSA) is 12.0 Å². The molecule has 0 bridgehead atoms. The average Bonchev–Trinajstić information content (AvgIpc) is 2.69.